The third-order valence-corrected chi connectivity index (χ3v) is 4.58. The number of halogens is 1. The standard InChI is InChI=1S/C17H28FN3/c1-4-15(19)11-13-10-14(18)7-8-17(13)21(3)16-6-5-9-20(2)12-16/h7-8,10,15-16H,4-6,9,11-12,19H2,1-3H3. The fourth-order valence-corrected chi connectivity index (χ4v) is 3.14. The Balaban J connectivity index is 2.20. The fraction of sp³-hybridized carbons (Fsp3) is 0.647. The summed E-state index contributed by atoms with van der Waals surface area (Å²) < 4.78 is 13.6. The van der Waals surface area contributed by atoms with Crippen molar-refractivity contribution in [3.05, 3.63) is 29.6 Å². The number of hydrogen-bond acceptors (Lipinski definition) is 3. The van der Waals surface area contributed by atoms with Crippen LogP contribution < -0.4 is 10.6 Å². The van der Waals surface area contributed by atoms with Crippen LogP contribution in [0.15, 0.2) is 18.2 Å². The zero-order chi connectivity index (χ0) is 15.4. The van der Waals surface area contributed by atoms with Crippen molar-refractivity contribution in [2.45, 2.75) is 44.7 Å². The summed E-state index contributed by atoms with van der Waals surface area (Å²) in [6, 6.07) is 5.69. The van der Waals surface area contributed by atoms with Crippen molar-refractivity contribution in [2.24, 2.45) is 5.73 Å². The molecular formula is C17H28FN3. The Labute approximate surface area is 127 Å². The summed E-state index contributed by atoms with van der Waals surface area (Å²) in [4.78, 5) is 4.68. The molecule has 0 aliphatic carbocycles. The minimum Gasteiger partial charge on any atom is -0.370 e. The molecule has 1 saturated heterocycles. The van der Waals surface area contributed by atoms with Crippen molar-refractivity contribution in [1.82, 2.24) is 4.90 Å². The van der Waals surface area contributed by atoms with Crippen LogP contribution in [0.3, 0.4) is 0 Å². The van der Waals surface area contributed by atoms with E-state index in [-0.39, 0.29) is 11.9 Å². The van der Waals surface area contributed by atoms with Gasteiger partial charge in [-0.1, -0.05) is 6.92 Å². The molecule has 0 radical (unpaired) electrons. The van der Waals surface area contributed by atoms with Crippen LogP contribution in [-0.2, 0) is 6.42 Å². The van der Waals surface area contributed by atoms with Crippen LogP contribution in [0, 0.1) is 5.82 Å². The Morgan fingerprint density at radius 1 is 1.48 bits per heavy atom. The van der Waals surface area contributed by atoms with E-state index < -0.39 is 0 Å². The molecule has 0 saturated carbocycles. The number of likely N-dealkylation sites (tertiary alicyclic amines) is 1. The van der Waals surface area contributed by atoms with Gasteiger partial charge in [-0.15, -0.1) is 0 Å². The molecule has 3 nitrogen and oxygen atoms in total. The van der Waals surface area contributed by atoms with E-state index in [1.54, 1.807) is 12.1 Å². The average Bonchev–Trinajstić information content (AvgIpc) is 2.46. The second-order valence-electron chi connectivity index (χ2n) is 6.31. The molecule has 2 atom stereocenters. The first-order valence-electron chi connectivity index (χ1n) is 7.96. The van der Waals surface area contributed by atoms with Gasteiger partial charge in [-0.05, 0) is 63.0 Å². The molecule has 4 heteroatoms. The van der Waals surface area contributed by atoms with E-state index in [2.05, 4.69) is 30.8 Å². The van der Waals surface area contributed by atoms with E-state index in [1.807, 2.05) is 6.07 Å². The van der Waals surface area contributed by atoms with Gasteiger partial charge in [0, 0.05) is 31.4 Å². The average molecular weight is 293 g/mol. The third-order valence-electron chi connectivity index (χ3n) is 4.58. The van der Waals surface area contributed by atoms with E-state index in [0.717, 1.165) is 30.6 Å². The number of benzene rings is 1. The molecule has 0 amide bonds. The Hall–Kier alpha value is -1.13. The van der Waals surface area contributed by atoms with Crippen molar-refractivity contribution in [1.29, 1.82) is 0 Å². The van der Waals surface area contributed by atoms with Crippen molar-refractivity contribution < 1.29 is 4.39 Å². The van der Waals surface area contributed by atoms with Gasteiger partial charge in [0.1, 0.15) is 5.82 Å². The minimum absolute atomic E-state index is 0.0907. The van der Waals surface area contributed by atoms with Crippen molar-refractivity contribution >= 4 is 5.69 Å². The minimum atomic E-state index is -0.175. The summed E-state index contributed by atoms with van der Waals surface area (Å²) in [5.74, 6) is -0.175. The molecule has 118 valence electrons. The lowest BCUT2D eigenvalue weighted by Gasteiger charge is -2.38. The van der Waals surface area contributed by atoms with Gasteiger partial charge in [0.25, 0.3) is 0 Å². The first-order chi connectivity index (χ1) is 10.0. The molecule has 1 aliphatic heterocycles. The second-order valence-corrected chi connectivity index (χ2v) is 6.31. The normalized spacial score (nSPS) is 21.3. The smallest absolute Gasteiger partial charge is 0.123 e. The topological polar surface area (TPSA) is 32.5 Å². The lowest BCUT2D eigenvalue weighted by atomic mass is 9.99. The number of piperidine rings is 1. The van der Waals surface area contributed by atoms with Gasteiger partial charge in [0.15, 0.2) is 0 Å². The molecule has 2 rings (SSSR count). The van der Waals surface area contributed by atoms with Crippen LogP contribution in [0.5, 0.6) is 0 Å². The molecule has 0 bridgehead atoms. The Kier molecular flexibility index (Phi) is 5.59. The quantitative estimate of drug-likeness (QED) is 0.906. The molecule has 1 fully saturated rings. The highest BCUT2D eigenvalue weighted by molar-refractivity contribution is 5.54. The number of likely N-dealkylation sites (N-methyl/N-ethyl adjacent to an activating group) is 2. The molecule has 2 N–H and O–H groups in total. The van der Waals surface area contributed by atoms with E-state index in [1.165, 1.54) is 19.4 Å². The van der Waals surface area contributed by atoms with Crippen LogP contribution in [0.25, 0.3) is 0 Å². The van der Waals surface area contributed by atoms with Gasteiger partial charge in [0.05, 0.1) is 0 Å². The van der Waals surface area contributed by atoms with Gasteiger partial charge in [-0.2, -0.15) is 0 Å². The highest BCUT2D eigenvalue weighted by atomic mass is 19.1. The molecule has 0 spiro atoms. The zero-order valence-electron chi connectivity index (χ0n) is 13.5. The Morgan fingerprint density at radius 3 is 2.90 bits per heavy atom. The van der Waals surface area contributed by atoms with Crippen LogP contribution in [0.2, 0.25) is 0 Å². The number of rotatable bonds is 5. The lowest BCUT2D eigenvalue weighted by Crippen LogP contribution is -2.45. The molecule has 1 aromatic rings. The number of anilines is 1. The summed E-state index contributed by atoms with van der Waals surface area (Å²) in [5, 5.41) is 0. The molecule has 0 aromatic heterocycles. The van der Waals surface area contributed by atoms with E-state index in [9.17, 15) is 4.39 Å². The fourth-order valence-electron chi connectivity index (χ4n) is 3.14. The second kappa shape index (κ2) is 7.23. The van der Waals surface area contributed by atoms with Crippen LogP contribution in [-0.4, -0.2) is 44.2 Å². The van der Waals surface area contributed by atoms with Crippen LogP contribution in [0.4, 0.5) is 10.1 Å². The molecule has 21 heavy (non-hydrogen) atoms. The summed E-state index contributed by atoms with van der Waals surface area (Å²) in [7, 11) is 4.29. The summed E-state index contributed by atoms with van der Waals surface area (Å²) in [5.41, 5.74) is 8.23. The van der Waals surface area contributed by atoms with E-state index in [4.69, 9.17) is 5.73 Å². The van der Waals surface area contributed by atoms with Gasteiger partial charge in [-0.3, -0.25) is 0 Å². The molecule has 2 unspecified atom stereocenters. The highest BCUT2D eigenvalue weighted by Crippen LogP contribution is 2.26. The summed E-state index contributed by atoms with van der Waals surface area (Å²) in [6.45, 7) is 4.30. The lowest BCUT2D eigenvalue weighted by molar-refractivity contribution is 0.248. The van der Waals surface area contributed by atoms with Crippen LogP contribution in [0.1, 0.15) is 31.7 Å². The maximum absolute atomic E-state index is 13.6. The van der Waals surface area contributed by atoms with Crippen molar-refractivity contribution in [3.63, 3.8) is 0 Å². The number of nitrogens with zero attached hydrogens (tertiary/aromatic N) is 2. The summed E-state index contributed by atoms with van der Waals surface area (Å²) >= 11 is 0. The summed E-state index contributed by atoms with van der Waals surface area (Å²) in [6.07, 6.45) is 4.05. The molecule has 1 aliphatic rings. The van der Waals surface area contributed by atoms with Crippen molar-refractivity contribution in [2.75, 3.05) is 32.1 Å². The predicted molar refractivity (Wildman–Crippen MR) is 87.3 cm³/mol. The maximum Gasteiger partial charge on any atom is 0.123 e. The molecule has 1 aromatic carbocycles. The number of nitrogens with two attached hydrogens (primary N) is 1. The SMILES string of the molecule is CCC(N)Cc1cc(F)ccc1N(C)C1CCCN(C)C1. The number of hydrogen-bond donors (Lipinski definition) is 1. The van der Waals surface area contributed by atoms with Gasteiger partial charge in [0.2, 0.25) is 0 Å². The van der Waals surface area contributed by atoms with Crippen LogP contribution >= 0.6 is 0 Å². The first kappa shape index (κ1) is 16.2. The first-order valence-corrected chi connectivity index (χ1v) is 7.96. The maximum atomic E-state index is 13.6. The highest BCUT2D eigenvalue weighted by Gasteiger charge is 2.23. The van der Waals surface area contributed by atoms with Gasteiger partial charge < -0.3 is 15.5 Å². The monoisotopic (exact) mass is 293 g/mol. The Bertz CT molecular complexity index is 463. The molecular weight excluding hydrogens is 265 g/mol. The van der Waals surface area contributed by atoms with E-state index >= 15 is 0 Å². The van der Waals surface area contributed by atoms with Gasteiger partial charge in [-0.25, -0.2) is 4.39 Å². The van der Waals surface area contributed by atoms with E-state index in [0.29, 0.717) is 6.04 Å². The third kappa shape index (κ3) is 4.17. The predicted octanol–water partition coefficient (Wildman–Crippen LogP) is 2.64. The largest absolute Gasteiger partial charge is 0.370 e. The molecule has 1 heterocycles. The van der Waals surface area contributed by atoms with Crippen molar-refractivity contribution in [3.8, 4) is 0 Å². The Morgan fingerprint density at radius 2 is 2.24 bits per heavy atom. The zero-order valence-corrected chi connectivity index (χ0v) is 13.5. The van der Waals surface area contributed by atoms with Gasteiger partial charge >= 0.3 is 0 Å².